The van der Waals surface area contributed by atoms with Crippen molar-refractivity contribution in [2.45, 2.75) is 32.4 Å². The second kappa shape index (κ2) is 7.58. The van der Waals surface area contributed by atoms with Crippen LogP contribution in [0.15, 0.2) is 46.9 Å². The van der Waals surface area contributed by atoms with E-state index in [9.17, 15) is 4.79 Å². The first-order chi connectivity index (χ1) is 11.6. The standard InChI is InChI=1S/C19H19BrClNO2/c1-2-24-19(23)22(12-15-7-8-16(21)11-18(15)20)17-9-13-5-3-4-6-14(13)10-17/h3-8,11,17H,2,9-10,12H2,1H3. The van der Waals surface area contributed by atoms with E-state index in [0.717, 1.165) is 22.9 Å². The minimum Gasteiger partial charge on any atom is -0.450 e. The summed E-state index contributed by atoms with van der Waals surface area (Å²) in [7, 11) is 0. The van der Waals surface area contributed by atoms with Crippen molar-refractivity contribution in [3.63, 3.8) is 0 Å². The van der Waals surface area contributed by atoms with Gasteiger partial charge in [0.25, 0.3) is 0 Å². The third kappa shape index (κ3) is 3.76. The van der Waals surface area contributed by atoms with Gasteiger partial charge in [-0.15, -0.1) is 0 Å². The quantitative estimate of drug-likeness (QED) is 0.693. The van der Waals surface area contributed by atoms with Crippen molar-refractivity contribution in [2.24, 2.45) is 0 Å². The molecule has 3 rings (SSSR count). The van der Waals surface area contributed by atoms with Crippen LogP contribution in [-0.4, -0.2) is 23.6 Å². The first-order valence-corrected chi connectivity index (χ1v) is 9.19. The van der Waals surface area contributed by atoms with Crippen LogP contribution in [0.1, 0.15) is 23.6 Å². The van der Waals surface area contributed by atoms with Gasteiger partial charge in [-0.1, -0.05) is 57.9 Å². The fraction of sp³-hybridized carbons (Fsp3) is 0.316. The van der Waals surface area contributed by atoms with Crippen molar-refractivity contribution in [1.82, 2.24) is 4.90 Å². The van der Waals surface area contributed by atoms with Crippen LogP contribution in [-0.2, 0) is 24.1 Å². The lowest BCUT2D eigenvalue weighted by Gasteiger charge is -2.28. The summed E-state index contributed by atoms with van der Waals surface area (Å²) in [6.07, 6.45) is 1.46. The smallest absolute Gasteiger partial charge is 0.410 e. The van der Waals surface area contributed by atoms with Crippen LogP contribution >= 0.6 is 27.5 Å². The average Bonchev–Trinajstić information content (AvgIpc) is 2.98. The number of ether oxygens (including phenoxy) is 1. The number of benzene rings is 2. The minimum atomic E-state index is -0.267. The molecule has 0 aromatic heterocycles. The molecule has 0 aliphatic heterocycles. The van der Waals surface area contributed by atoms with Crippen LogP contribution in [0, 0.1) is 0 Å². The van der Waals surface area contributed by atoms with E-state index in [1.165, 1.54) is 11.1 Å². The van der Waals surface area contributed by atoms with Gasteiger partial charge in [0, 0.05) is 15.5 Å². The summed E-state index contributed by atoms with van der Waals surface area (Å²) in [5.41, 5.74) is 3.64. The van der Waals surface area contributed by atoms with Gasteiger partial charge in [-0.3, -0.25) is 0 Å². The Bertz CT molecular complexity index is 725. The fourth-order valence-electron chi connectivity index (χ4n) is 3.14. The van der Waals surface area contributed by atoms with Crippen LogP contribution in [0.5, 0.6) is 0 Å². The zero-order valence-electron chi connectivity index (χ0n) is 13.5. The molecule has 0 saturated carbocycles. The fourth-order valence-corrected chi connectivity index (χ4v) is 3.95. The largest absolute Gasteiger partial charge is 0.450 e. The zero-order valence-corrected chi connectivity index (χ0v) is 15.8. The monoisotopic (exact) mass is 407 g/mol. The first kappa shape index (κ1) is 17.3. The van der Waals surface area contributed by atoms with Crippen LogP contribution in [0.4, 0.5) is 4.79 Å². The topological polar surface area (TPSA) is 29.5 Å². The Morgan fingerprint density at radius 1 is 1.25 bits per heavy atom. The van der Waals surface area contributed by atoms with Gasteiger partial charge in [-0.2, -0.15) is 0 Å². The van der Waals surface area contributed by atoms with Crippen molar-refractivity contribution < 1.29 is 9.53 Å². The Labute approximate surface area is 155 Å². The molecular weight excluding hydrogens is 390 g/mol. The number of carbonyl (C=O) groups is 1. The van der Waals surface area contributed by atoms with E-state index >= 15 is 0 Å². The molecule has 0 heterocycles. The summed E-state index contributed by atoms with van der Waals surface area (Å²) in [6, 6.07) is 14.1. The van der Waals surface area contributed by atoms with E-state index < -0.39 is 0 Å². The maximum atomic E-state index is 12.5. The molecule has 0 spiro atoms. The van der Waals surface area contributed by atoms with Gasteiger partial charge in [0.1, 0.15) is 0 Å². The van der Waals surface area contributed by atoms with Crippen molar-refractivity contribution in [3.05, 3.63) is 68.7 Å². The maximum absolute atomic E-state index is 12.5. The number of halogens is 2. The van der Waals surface area contributed by atoms with Gasteiger partial charge in [-0.25, -0.2) is 4.79 Å². The van der Waals surface area contributed by atoms with Gasteiger partial charge in [0.15, 0.2) is 0 Å². The van der Waals surface area contributed by atoms with Crippen molar-refractivity contribution in [1.29, 1.82) is 0 Å². The Hall–Kier alpha value is -1.52. The van der Waals surface area contributed by atoms with Gasteiger partial charge in [0.2, 0.25) is 0 Å². The lowest BCUT2D eigenvalue weighted by Crippen LogP contribution is -2.40. The number of carbonyl (C=O) groups excluding carboxylic acids is 1. The molecule has 2 aromatic rings. The predicted octanol–water partition coefficient (Wildman–Crippen LogP) is 5.23. The lowest BCUT2D eigenvalue weighted by atomic mass is 10.1. The highest BCUT2D eigenvalue weighted by Gasteiger charge is 2.31. The summed E-state index contributed by atoms with van der Waals surface area (Å²) in [6.45, 7) is 2.70. The molecule has 5 heteroatoms. The second-order valence-corrected chi connectivity index (χ2v) is 7.18. The molecule has 1 aliphatic carbocycles. The number of fused-ring (bicyclic) bond motifs is 1. The normalized spacial score (nSPS) is 13.6. The molecule has 1 aliphatic rings. The Balaban J connectivity index is 1.83. The lowest BCUT2D eigenvalue weighted by molar-refractivity contribution is 0.0881. The highest BCUT2D eigenvalue weighted by molar-refractivity contribution is 9.10. The molecule has 1 amide bonds. The van der Waals surface area contributed by atoms with Crippen LogP contribution < -0.4 is 0 Å². The third-order valence-electron chi connectivity index (χ3n) is 4.33. The molecule has 0 fully saturated rings. The molecule has 24 heavy (non-hydrogen) atoms. The molecule has 2 aromatic carbocycles. The van der Waals surface area contributed by atoms with E-state index in [4.69, 9.17) is 16.3 Å². The second-order valence-electron chi connectivity index (χ2n) is 5.89. The molecule has 3 nitrogen and oxygen atoms in total. The van der Waals surface area contributed by atoms with E-state index in [2.05, 4.69) is 28.1 Å². The molecule has 126 valence electrons. The molecule has 0 radical (unpaired) electrons. The molecule has 0 atom stereocenters. The molecular formula is C19H19BrClNO2. The van der Waals surface area contributed by atoms with E-state index in [-0.39, 0.29) is 12.1 Å². The Kier molecular flexibility index (Phi) is 5.47. The predicted molar refractivity (Wildman–Crippen MR) is 99.4 cm³/mol. The SMILES string of the molecule is CCOC(=O)N(Cc1ccc(Cl)cc1Br)C1Cc2ccccc2C1. The zero-order chi connectivity index (χ0) is 17.1. The first-order valence-electron chi connectivity index (χ1n) is 8.02. The third-order valence-corrected chi connectivity index (χ3v) is 5.30. The molecule has 0 bridgehead atoms. The summed E-state index contributed by atoms with van der Waals surface area (Å²) in [4.78, 5) is 14.4. The van der Waals surface area contributed by atoms with E-state index in [1.54, 1.807) is 0 Å². The van der Waals surface area contributed by atoms with Gasteiger partial charge < -0.3 is 9.64 Å². The number of hydrogen-bond acceptors (Lipinski definition) is 2. The Morgan fingerprint density at radius 3 is 2.50 bits per heavy atom. The van der Waals surface area contributed by atoms with Crippen molar-refractivity contribution in [2.75, 3.05) is 6.61 Å². The average molecular weight is 409 g/mol. The molecule has 0 N–H and O–H groups in total. The van der Waals surface area contributed by atoms with Gasteiger partial charge in [-0.05, 0) is 48.6 Å². The number of hydrogen-bond donors (Lipinski definition) is 0. The van der Waals surface area contributed by atoms with E-state index in [0.29, 0.717) is 18.2 Å². The summed E-state index contributed by atoms with van der Waals surface area (Å²) in [5.74, 6) is 0. The number of rotatable bonds is 4. The summed E-state index contributed by atoms with van der Waals surface area (Å²) >= 11 is 9.56. The highest BCUT2D eigenvalue weighted by Crippen LogP contribution is 2.29. The van der Waals surface area contributed by atoms with Crippen LogP contribution in [0.3, 0.4) is 0 Å². The minimum absolute atomic E-state index is 0.115. The van der Waals surface area contributed by atoms with Crippen LogP contribution in [0.2, 0.25) is 5.02 Å². The van der Waals surface area contributed by atoms with Crippen molar-refractivity contribution >= 4 is 33.6 Å². The van der Waals surface area contributed by atoms with E-state index in [1.807, 2.05) is 42.2 Å². The summed E-state index contributed by atoms with van der Waals surface area (Å²) in [5, 5.41) is 0.668. The number of nitrogens with zero attached hydrogens (tertiary/aromatic N) is 1. The van der Waals surface area contributed by atoms with Crippen LogP contribution in [0.25, 0.3) is 0 Å². The van der Waals surface area contributed by atoms with Gasteiger partial charge >= 0.3 is 6.09 Å². The Morgan fingerprint density at radius 2 is 1.92 bits per heavy atom. The molecule has 0 saturated heterocycles. The summed E-state index contributed by atoms with van der Waals surface area (Å²) < 4.78 is 6.20. The maximum Gasteiger partial charge on any atom is 0.410 e. The number of amides is 1. The van der Waals surface area contributed by atoms with Gasteiger partial charge in [0.05, 0.1) is 13.2 Å². The van der Waals surface area contributed by atoms with Crippen molar-refractivity contribution in [3.8, 4) is 0 Å². The molecule has 0 unspecified atom stereocenters. The highest BCUT2D eigenvalue weighted by atomic mass is 79.9.